The highest BCUT2D eigenvalue weighted by molar-refractivity contribution is 6.10. The van der Waals surface area contributed by atoms with Gasteiger partial charge in [-0.3, -0.25) is 14.4 Å². The number of carbonyl (C=O) groups is 2. The zero-order valence-electron chi connectivity index (χ0n) is 22.2. The summed E-state index contributed by atoms with van der Waals surface area (Å²) in [7, 11) is 1.58. The van der Waals surface area contributed by atoms with Gasteiger partial charge in [-0.1, -0.05) is 43.5 Å². The third-order valence-corrected chi connectivity index (χ3v) is 6.57. The molecular weight excluding hydrogens is 512 g/mol. The van der Waals surface area contributed by atoms with Gasteiger partial charge >= 0.3 is 5.97 Å². The van der Waals surface area contributed by atoms with Gasteiger partial charge in [-0.05, 0) is 60.9 Å². The van der Waals surface area contributed by atoms with Crippen LogP contribution in [0.5, 0.6) is 17.2 Å². The number of anilines is 1. The molecule has 9 nitrogen and oxygen atoms in total. The van der Waals surface area contributed by atoms with Crippen molar-refractivity contribution in [1.29, 1.82) is 0 Å². The smallest absolute Gasteiger partial charge is 0.303 e. The number of methoxy groups -OCH3 is 1. The van der Waals surface area contributed by atoms with Crippen molar-refractivity contribution in [3.05, 3.63) is 82.6 Å². The van der Waals surface area contributed by atoms with Crippen LogP contribution < -0.4 is 20.3 Å². The fraction of sp³-hybridized carbons (Fsp3) is 0.258. The number of aromatic nitrogens is 1. The average Bonchev–Trinajstić information content (AvgIpc) is 2.95. The number of aromatic hydroxyl groups is 1. The number of aromatic amines is 1. The molecule has 4 N–H and O–H groups in total. The predicted octanol–water partition coefficient (Wildman–Crippen LogP) is 5.97. The van der Waals surface area contributed by atoms with Crippen molar-refractivity contribution < 1.29 is 29.3 Å². The summed E-state index contributed by atoms with van der Waals surface area (Å²) in [5.74, 6) is -0.549. The van der Waals surface area contributed by atoms with E-state index in [1.807, 2.05) is 18.2 Å². The van der Waals surface area contributed by atoms with E-state index in [1.54, 1.807) is 55.6 Å². The first-order valence-corrected chi connectivity index (χ1v) is 13.2. The lowest BCUT2D eigenvalue weighted by Gasteiger charge is -2.12. The molecular formula is C31H32N2O7. The first kappa shape index (κ1) is 28.2. The summed E-state index contributed by atoms with van der Waals surface area (Å²) in [6.07, 6.45) is 4.57. The number of H-pyrrole nitrogens is 1. The highest BCUT2D eigenvalue weighted by Crippen LogP contribution is 2.33. The van der Waals surface area contributed by atoms with Crippen molar-refractivity contribution in [2.24, 2.45) is 0 Å². The molecule has 1 aromatic heterocycles. The number of pyridine rings is 1. The van der Waals surface area contributed by atoms with E-state index < -0.39 is 23.2 Å². The minimum absolute atomic E-state index is 0.208. The number of unbranched alkanes of at least 4 members (excludes halogenated alkanes) is 4. The molecule has 4 aromatic rings. The van der Waals surface area contributed by atoms with E-state index in [9.17, 15) is 19.5 Å². The second-order valence-corrected chi connectivity index (χ2v) is 9.37. The van der Waals surface area contributed by atoms with Crippen LogP contribution in [0, 0.1) is 0 Å². The molecule has 0 aliphatic rings. The van der Waals surface area contributed by atoms with E-state index in [0.29, 0.717) is 46.7 Å². The van der Waals surface area contributed by atoms with Crippen molar-refractivity contribution in [2.45, 2.75) is 38.5 Å². The number of hydrogen-bond acceptors (Lipinski definition) is 6. The number of rotatable bonds is 13. The lowest BCUT2D eigenvalue weighted by Crippen LogP contribution is -2.23. The lowest BCUT2D eigenvalue weighted by molar-refractivity contribution is -0.137. The first-order chi connectivity index (χ1) is 19.4. The van der Waals surface area contributed by atoms with Crippen LogP contribution in [0.2, 0.25) is 0 Å². The van der Waals surface area contributed by atoms with Crippen molar-refractivity contribution in [1.82, 2.24) is 4.98 Å². The maximum absolute atomic E-state index is 13.0. The van der Waals surface area contributed by atoms with Gasteiger partial charge in [0.05, 0.1) is 19.2 Å². The van der Waals surface area contributed by atoms with Gasteiger partial charge in [0.2, 0.25) is 0 Å². The molecule has 0 saturated carbocycles. The molecule has 1 amide bonds. The quantitative estimate of drug-likeness (QED) is 0.152. The Hall–Kier alpha value is -4.79. The first-order valence-electron chi connectivity index (χ1n) is 13.2. The third-order valence-electron chi connectivity index (χ3n) is 6.57. The van der Waals surface area contributed by atoms with Crippen molar-refractivity contribution in [2.75, 3.05) is 19.0 Å². The Morgan fingerprint density at radius 3 is 2.25 bits per heavy atom. The van der Waals surface area contributed by atoms with Crippen LogP contribution in [0.25, 0.3) is 22.0 Å². The number of amides is 1. The highest BCUT2D eigenvalue weighted by Gasteiger charge is 2.21. The summed E-state index contributed by atoms with van der Waals surface area (Å²) in [6.45, 7) is 0.531. The summed E-state index contributed by atoms with van der Waals surface area (Å²) in [5.41, 5.74) is 1.31. The molecule has 0 bridgehead atoms. The number of carboxylic acid groups (broad SMARTS) is 1. The molecule has 0 radical (unpaired) electrons. The molecule has 0 saturated heterocycles. The highest BCUT2D eigenvalue weighted by atomic mass is 16.5. The van der Waals surface area contributed by atoms with E-state index >= 15 is 0 Å². The number of fused-ring (bicyclic) bond motifs is 1. The summed E-state index contributed by atoms with van der Waals surface area (Å²) in [5, 5.41) is 22.6. The van der Waals surface area contributed by atoms with Crippen LogP contribution in [0.4, 0.5) is 5.69 Å². The van der Waals surface area contributed by atoms with Gasteiger partial charge in [-0.25, -0.2) is 0 Å². The normalized spacial score (nSPS) is 10.8. The van der Waals surface area contributed by atoms with Crippen molar-refractivity contribution in [3.63, 3.8) is 0 Å². The van der Waals surface area contributed by atoms with Crippen LogP contribution in [0.3, 0.4) is 0 Å². The number of benzene rings is 3. The standard InChI is InChI=1S/C31H32N2O7/c1-39-22-15-11-20(12-16-22)24-8-7-9-25-28(24)33-31(38)27(29(25)36)30(37)32-21-13-17-23(18-14-21)40-19-6-4-2-3-5-10-26(34)35/h7-9,11-18H,2-6,10,19H2,1H3,(H,32,37)(H,34,35)(H2,33,36,38). The van der Waals surface area contributed by atoms with E-state index in [1.165, 1.54) is 0 Å². The zero-order valence-corrected chi connectivity index (χ0v) is 22.2. The predicted molar refractivity (Wildman–Crippen MR) is 153 cm³/mol. The summed E-state index contributed by atoms with van der Waals surface area (Å²) >= 11 is 0. The monoisotopic (exact) mass is 544 g/mol. The molecule has 0 spiro atoms. The molecule has 4 rings (SSSR count). The van der Waals surface area contributed by atoms with Crippen molar-refractivity contribution >= 4 is 28.5 Å². The molecule has 0 aliphatic carbocycles. The summed E-state index contributed by atoms with van der Waals surface area (Å²) in [4.78, 5) is 39.2. The summed E-state index contributed by atoms with van der Waals surface area (Å²) in [6, 6.07) is 19.3. The molecule has 0 aliphatic heterocycles. The molecule has 9 heteroatoms. The van der Waals surface area contributed by atoms with Crippen LogP contribution in [0.1, 0.15) is 48.9 Å². The second kappa shape index (κ2) is 13.3. The Bertz CT molecular complexity index is 1530. The maximum atomic E-state index is 13.0. The van der Waals surface area contributed by atoms with E-state index in [0.717, 1.165) is 31.2 Å². The molecule has 208 valence electrons. The number of ether oxygens (including phenoxy) is 2. The zero-order chi connectivity index (χ0) is 28.5. The van der Waals surface area contributed by atoms with Gasteiger partial charge in [0.15, 0.2) is 0 Å². The summed E-state index contributed by atoms with van der Waals surface area (Å²) < 4.78 is 10.9. The van der Waals surface area contributed by atoms with Gasteiger partial charge in [0.1, 0.15) is 22.8 Å². The number of para-hydroxylation sites is 1. The molecule has 40 heavy (non-hydrogen) atoms. The average molecular weight is 545 g/mol. The van der Waals surface area contributed by atoms with Gasteiger partial charge < -0.3 is 30.0 Å². The fourth-order valence-electron chi connectivity index (χ4n) is 4.45. The Balaban J connectivity index is 1.39. The minimum atomic E-state index is -0.761. The van der Waals surface area contributed by atoms with Gasteiger partial charge in [0.25, 0.3) is 11.5 Å². The van der Waals surface area contributed by atoms with Crippen LogP contribution in [-0.4, -0.2) is 40.8 Å². The number of nitrogens with one attached hydrogen (secondary N) is 2. The molecule has 3 aromatic carbocycles. The Kier molecular flexibility index (Phi) is 9.40. The maximum Gasteiger partial charge on any atom is 0.303 e. The van der Waals surface area contributed by atoms with Gasteiger partial charge in [0, 0.05) is 23.1 Å². The Labute approximate surface area is 231 Å². The molecule has 0 fully saturated rings. The van der Waals surface area contributed by atoms with Crippen LogP contribution in [-0.2, 0) is 4.79 Å². The largest absolute Gasteiger partial charge is 0.506 e. The topological polar surface area (TPSA) is 138 Å². The Morgan fingerprint density at radius 1 is 0.875 bits per heavy atom. The third kappa shape index (κ3) is 6.99. The van der Waals surface area contributed by atoms with Gasteiger partial charge in [-0.2, -0.15) is 0 Å². The number of carboxylic acids is 1. The van der Waals surface area contributed by atoms with E-state index in [4.69, 9.17) is 14.6 Å². The van der Waals surface area contributed by atoms with Crippen LogP contribution >= 0.6 is 0 Å². The SMILES string of the molecule is COc1ccc(-c2cccc3c(O)c(C(=O)Nc4ccc(OCCCCCCCC(=O)O)cc4)c(=O)[nH]c23)cc1. The molecule has 0 atom stereocenters. The fourth-order valence-corrected chi connectivity index (χ4v) is 4.45. The minimum Gasteiger partial charge on any atom is -0.506 e. The van der Waals surface area contributed by atoms with E-state index in [2.05, 4.69) is 10.3 Å². The van der Waals surface area contributed by atoms with E-state index in [-0.39, 0.29) is 12.0 Å². The van der Waals surface area contributed by atoms with Crippen LogP contribution in [0.15, 0.2) is 71.5 Å². The second-order valence-electron chi connectivity index (χ2n) is 9.37. The lowest BCUT2D eigenvalue weighted by atomic mass is 10.00. The molecule has 0 unspecified atom stereocenters. The molecule has 1 heterocycles. The number of hydrogen-bond donors (Lipinski definition) is 4. The number of carbonyl (C=O) groups excluding carboxylic acids is 1. The van der Waals surface area contributed by atoms with Crippen molar-refractivity contribution in [3.8, 4) is 28.4 Å². The van der Waals surface area contributed by atoms with Gasteiger partial charge in [-0.15, -0.1) is 0 Å². The number of aliphatic carboxylic acids is 1. The Morgan fingerprint density at radius 2 is 1.55 bits per heavy atom.